The van der Waals surface area contributed by atoms with Crippen molar-refractivity contribution in [3.63, 3.8) is 0 Å². The topological polar surface area (TPSA) is 63.4 Å². The number of rotatable bonds is 7. The zero-order chi connectivity index (χ0) is 12.8. The molecule has 1 heterocycles. The molecule has 2 N–H and O–H groups in total. The number of nitrogens with zero attached hydrogens (tertiary/aromatic N) is 1. The number of carbonyl (C=O) groups excluding carboxylic acids is 2. The van der Waals surface area contributed by atoms with Gasteiger partial charge < -0.3 is 10.6 Å². The molecule has 0 aromatic carbocycles. The lowest BCUT2D eigenvalue weighted by molar-refractivity contribution is -0.136. The van der Waals surface area contributed by atoms with Crippen LogP contribution in [-0.2, 0) is 9.59 Å². The minimum atomic E-state index is -0.404. The molecular formula is C13H24N2O2. The third kappa shape index (κ3) is 3.72. The summed E-state index contributed by atoms with van der Waals surface area (Å²) in [5, 5.41) is 0. The van der Waals surface area contributed by atoms with E-state index in [4.69, 9.17) is 5.73 Å². The summed E-state index contributed by atoms with van der Waals surface area (Å²) < 4.78 is 0. The molecule has 1 rings (SSSR count). The Bertz CT molecular complexity index is 279. The van der Waals surface area contributed by atoms with Gasteiger partial charge in [0.15, 0.2) is 0 Å². The average Bonchev–Trinajstić information content (AvgIpc) is 2.61. The number of likely N-dealkylation sites (tertiary alicyclic amines) is 1. The number of nitrogens with two attached hydrogens (primary N) is 1. The van der Waals surface area contributed by atoms with Crippen LogP contribution in [0, 0.1) is 5.92 Å². The van der Waals surface area contributed by atoms with E-state index in [9.17, 15) is 9.59 Å². The Morgan fingerprint density at radius 1 is 1.47 bits per heavy atom. The van der Waals surface area contributed by atoms with E-state index < -0.39 is 6.04 Å². The van der Waals surface area contributed by atoms with Crippen LogP contribution in [0.15, 0.2) is 0 Å². The van der Waals surface area contributed by atoms with Gasteiger partial charge in [0.2, 0.25) is 11.8 Å². The van der Waals surface area contributed by atoms with Gasteiger partial charge in [-0.1, -0.05) is 33.1 Å². The number of hydrogen-bond donors (Lipinski definition) is 1. The summed E-state index contributed by atoms with van der Waals surface area (Å²) in [4.78, 5) is 24.8. The van der Waals surface area contributed by atoms with Crippen LogP contribution in [0.2, 0.25) is 0 Å². The molecule has 0 spiro atoms. The Morgan fingerprint density at radius 3 is 2.71 bits per heavy atom. The summed E-state index contributed by atoms with van der Waals surface area (Å²) in [5.41, 5.74) is 5.32. The third-order valence-electron chi connectivity index (χ3n) is 3.55. The van der Waals surface area contributed by atoms with Gasteiger partial charge in [0, 0.05) is 13.0 Å². The summed E-state index contributed by atoms with van der Waals surface area (Å²) >= 11 is 0. The van der Waals surface area contributed by atoms with Crippen molar-refractivity contribution in [2.24, 2.45) is 11.7 Å². The second-order valence-corrected chi connectivity index (χ2v) is 4.94. The molecule has 0 radical (unpaired) electrons. The van der Waals surface area contributed by atoms with E-state index in [-0.39, 0.29) is 11.8 Å². The molecule has 17 heavy (non-hydrogen) atoms. The molecule has 0 bridgehead atoms. The molecule has 2 atom stereocenters. The van der Waals surface area contributed by atoms with Crippen molar-refractivity contribution in [1.29, 1.82) is 0 Å². The maximum atomic E-state index is 11.8. The minimum absolute atomic E-state index is 0.0946. The van der Waals surface area contributed by atoms with Gasteiger partial charge >= 0.3 is 0 Å². The summed E-state index contributed by atoms with van der Waals surface area (Å²) in [5.74, 6) is 0.134. The van der Waals surface area contributed by atoms with Gasteiger partial charge in [0.1, 0.15) is 6.04 Å². The smallest absolute Gasteiger partial charge is 0.240 e. The van der Waals surface area contributed by atoms with Crippen LogP contribution in [0.25, 0.3) is 0 Å². The van der Waals surface area contributed by atoms with Gasteiger partial charge in [-0.15, -0.1) is 0 Å². The SMILES string of the molecule is CCCCC[C@@H]1CC(=O)N([C@H](CC)C(N)=O)C1. The van der Waals surface area contributed by atoms with Crippen molar-refractivity contribution >= 4 is 11.8 Å². The number of unbranched alkanes of at least 4 members (excludes halogenated alkanes) is 2. The molecule has 4 nitrogen and oxygen atoms in total. The van der Waals surface area contributed by atoms with Crippen molar-refractivity contribution in [3.05, 3.63) is 0 Å². The number of amides is 2. The molecule has 0 unspecified atom stereocenters. The molecule has 0 aromatic rings. The first-order valence-corrected chi connectivity index (χ1v) is 6.68. The Hall–Kier alpha value is -1.06. The van der Waals surface area contributed by atoms with Crippen LogP contribution in [0.1, 0.15) is 52.4 Å². The zero-order valence-corrected chi connectivity index (χ0v) is 10.9. The molecule has 4 heteroatoms. The van der Waals surface area contributed by atoms with E-state index in [1.165, 1.54) is 19.3 Å². The van der Waals surface area contributed by atoms with Crippen molar-refractivity contribution in [2.75, 3.05) is 6.54 Å². The molecule has 1 aliphatic heterocycles. The predicted octanol–water partition coefficient (Wildman–Crippen LogP) is 1.68. The highest BCUT2D eigenvalue weighted by molar-refractivity contribution is 5.87. The van der Waals surface area contributed by atoms with Crippen molar-refractivity contribution < 1.29 is 9.59 Å². The Balaban J connectivity index is 2.48. The van der Waals surface area contributed by atoms with Crippen LogP contribution in [0.4, 0.5) is 0 Å². The fourth-order valence-corrected chi connectivity index (χ4v) is 2.56. The lowest BCUT2D eigenvalue weighted by Crippen LogP contribution is -2.45. The second-order valence-electron chi connectivity index (χ2n) is 4.94. The van der Waals surface area contributed by atoms with Gasteiger partial charge in [-0.05, 0) is 18.8 Å². The summed E-state index contributed by atoms with van der Waals surface area (Å²) in [7, 11) is 0. The van der Waals surface area contributed by atoms with E-state index in [0.29, 0.717) is 25.3 Å². The third-order valence-corrected chi connectivity index (χ3v) is 3.55. The molecule has 0 aromatic heterocycles. The van der Waals surface area contributed by atoms with Gasteiger partial charge in [-0.3, -0.25) is 9.59 Å². The predicted molar refractivity (Wildman–Crippen MR) is 67.2 cm³/mol. The fourth-order valence-electron chi connectivity index (χ4n) is 2.56. The highest BCUT2D eigenvalue weighted by Crippen LogP contribution is 2.25. The highest BCUT2D eigenvalue weighted by atomic mass is 16.2. The summed E-state index contributed by atoms with van der Waals surface area (Å²) in [6.45, 7) is 4.78. The normalized spacial score (nSPS) is 21.9. The van der Waals surface area contributed by atoms with Crippen LogP contribution >= 0.6 is 0 Å². The molecule has 1 aliphatic rings. The summed E-state index contributed by atoms with van der Waals surface area (Å²) in [6.07, 6.45) is 5.89. The van der Waals surface area contributed by atoms with Gasteiger partial charge in [-0.2, -0.15) is 0 Å². The Kier molecular flexibility index (Phi) is 5.45. The van der Waals surface area contributed by atoms with Gasteiger partial charge in [0.05, 0.1) is 0 Å². The number of carbonyl (C=O) groups is 2. The number of hydrogen-bond acceptors (Lipinski definition) is 2. The number of primary amides is 1. The highest BCUT2D eigenvalue weighted by Gasteiger charge is 2.35. The van der Waals surface area contributed by atoms with Crippen LogP contribution in [-0.4, -0.2) is 29.3 Å². The molecule has 1 fully saturated rings. The van der Waals surface area contributed by atoms with E-state index in [2.05, 4.69) is 6.92 Å². The molecular weight excluding hydrogens is 216 g/mol. The molecule has 1 saturated heterocycles. The van der Waals surface area contributed by atoms with E-state index >= 15 is 0 Å². The van der Waals surface area contributed by atoms with E-state index in [0.717, 1.165) is 6.42 Å². The quantitative estimate of drug-likeness (QED) is 0.688. The summed E-state index contributed by atoms with van der Waals surface area (Å²) in [6, 6.07) is -0.404. The van der Waals surface area contributed by atoms with E-state index in [1.807, 2.05) is 6.92 Å². The monoisotopic (exact) mass is 240 g/mol. The maximum absolute atomic E-state index is 11.8. The maximum Gasteiger partial charge on any atom is 0.240 e. The van der Waals surface area contributed by atoms with Crippen molar-refractivity contribution in [2.45, 2.75) is 58.4 Å². The Morgan fingerprint density at radius 2 is 2.18 bits per heavy atom. The average molecular weight is 240 g/mol. The minimum Gasteiger partial charge on any atom is -0.368 e. The Labute approximate surface area is 104 Å². The largest absolute Gasteiger partial charge is 0.368 e. The van der Waals surface area contributed by atoms with Crippen LogP contribution < -0.4 is 5.73 Å². The molecule has 0 saturated carbocycles. The first-order chi connectivity index (χ1) is 8.10. The van der Waals surface area contributed by atoms with Gasteiger partial charge in [-0.25, -0.2) is 0 Å². The van der Waals surface area contributed by atoms with Crippen molar-refractivity contribution in [1.82, 2.24) is 4.90 Å². The standard InChI is InChI=1S/C13H24N2O2/c1-3-5-6-7-10-8-12(16)15(9-10)11(4-2)13(14)17/h10-11H,3-9H2,1-2H3,(H2,14,17)/t10-,11-/m1/s1. The molecule has 2 amide bonds. The zero-order valence-electron chi connectivity index (χ0n) is 10.9. The van der Waals surface area contributed by atoms with E-state index in [1.54, 1.807) is 4.90 Å². The van der Waals surface area contributed by atoms with Crippen molar-refractivity contribution in [3.8, 4) is 0 Å². The van der Waals surface area contributed by atoms with Gasteiger partial charge in [0.25, 0.3) is 0 Å². The lowest BCUT2D eigenvalue weighted by atomic mass is 10.0. The van der Waals surface area contributed by atoms with Crippen LogP contribution in [0.5, 0.6) is 0 Å². The first-order valence-electron chi connectivity index (χ1n) is 6.68. The molecule has 98 valence electrons. The fraction of sp³-hybridized carbons (Fsp3) is 0.846. The lowest BCUT2D eigenvalue weighted by Gasteiger charge is -2.24. The first kappa shape index (κ1) is 14.0. The second kappa shape index (κ2) is 6.62. The molecule has 0 aliphatic carbocycles. The van der Waals surface area contributed by atoms with Crippen LogP contribution in [0.3, 0.4) is 0 Å².